The number of hydrogen-bond donors (Lipinski definition) is 1. The van der Waals surface area contributed by atoms with Crippen LogP contribution in [0.2, 0.25) is 0 Å². The van der Waals surface area contributed by atoms with Gasteiger partial charge in [0, 0.05) is 19.6 Å². The predicted octanol–water partition coefficient (Wildman–Crippen LogP) is 2.02. The Kier molecular flexibility index (Phi) is 4.99. The van der Waals surface area contributed by atoms with Gasteiger partial charge in [0.05, 0.1) is 0 Å². The van der Waals surface area contributed by atoms with Crippen molar-refractivity contribution in [2.45, 2.75) is 40.0 Å². The molecule has 0 aromatic rings. The number of piperidine rings is 1. The van der Waals surface area contributed by atoms with Crippen LogP contribution in [0.25, 0.3) is 0 Å². The Hall–Kier alpha value is -1.26. The van der Waals surface area contributed by atoms with E-state index in [0.29, 0.717) is 12.0 Å². The van der Waals surface area contributed by atoms with Gasteiger partial charge in [0.2, 0.25) is 0 Å². The van der Waals surface area contributed by atoms with E-state index in [-0.39, 0.29) is 12.6 Å². The zero-order chi connectivity index (χ0) is 13.8. The van der Waals surface area contributed by atoms with Crippen molar-refractivity contribution >= 4 is 12.0 Å². The molecule has 2 amide bonds. The summed E-state index contributed by atoms with van der Waals surface area (Å²) >= 11 is 0. The lowest BCUT2D eigenvalue weighted by atomic mass is 9.78. The number of likely N-dealkylation sites (tertiary alicyclic amines) is 1. The molecule has 1 saturated heterocycles. The van der Waals surface area contributed by atoms with Crippen molar-refractivity contribution in [3.8, 4) is 0 Å². The Labute approximate surface area is 109 Å². The maximum absolute atomic E-state index is 12.2. The Morgan fingerprint density at radius 3 is 2.22 bits per heavy atom. The van der Waals surface area contributed by atoms with Crippen molar-refractivity contribution in [2.75, 3.05) is 26.2 Å². The van der Waals surface area contributed by atoms with Crippen LogP contribution in [0.5, 0.6) is 0 Å². The van der Waals surface area contributed by atoms with Gasteiger partial charge in [0.1, 0.15) is 6.54 Å². The Morgan fingerprint density at radius 1 is 1.28 bits per heavy atom. The van der Waals surface area contributed by atoms with E-state index in [9.17, 15) is 9.59 Å². The number of carboxylic acid groups (broad SMARTS) is 1. The van der Waals surface area contributed by atoms with Gasteiger partial charge >= 0.3 is 12.0 Å². The van der Waals surface area contributed by atoms with E-state index < -0.39 is 5.97 Å². The zero-order valence-corrected chi connectivity index (χ0v) is 11.6. The van der Waals surface area contributed by atoms with Gasteiger partial charge in [-0.2, -0.15) is 0 Å². The summed E-state index contributed by atoms with van der Waals surface area (Å²) in [7, 11) is 0. The molecule has 1 N–H and O–H groups in total. The summed E-state index contributed by atoms with van der Waals surface area (Å²) < 4.78 is 0. The summed E-state index contributed by atoms with van der Waals surface area (Å²) in [6.45, 7) is 7.94. The molecule has 0 unspecified atom stereocenters. The fraction of sp³-hybridized carbons (Fsp3) is 0.846. The number of rotatable bonds is 4. The van der Waals surface area contributed by atoms with E-state index in [4.69, 9.17) is 5.11 Å². The highest BCUT2D eigenvalue weighted by atomic mass is 16.4. The highest BCUT2D eigenvalue weighted by Crippen LogP contribution is 2.34. The van der Waals surface area contributed by atoms with E-state index in [0.717, 1.165) is 32.4 Å². The van der Waals surface area contributed by atoms with Crippen LogP contribution < -0.4 is 0 Å². The fourth-order valence-corrected chi connectivity index (χ4v) is 2.27. The SMILES string of the molecule is CCN(CC(=O)O)C(=O)N1CCC(C)(CC)CC1. The first-order valence-corrected chi connectivity index (χ1v) is 6.67. The summed E-state index contributed by atoms with van der Waals surface area (Å²) in [6.07, 6.45) is 3.13. The van der Waals surface area contributed by atoms with E-state index >= 15 is 0 Å². The second-order valence-corrected chi connectivity index (χ2v) is 5.34. The van der Waals surface area contributed by atoms with E-state index in [2.05, 4.69) is 13.8 Å². The average Bonchev–Trinajstić information content (AvgIpc) is 2.36. The molecule has 5 nitrogen and oxygen atoms in total. The van der Waals surface area contributed by atoms with Gasteiger partial charge in [-0.1, -0.05) is 20.3 Å². The topological polar surface area (TPSA) is 60.9 Å². The molecule has 0 aromatic carbocycles. The molecule has 1 fully saturated rings. The third kappa shape index (κ3) is 3.62. The third-order valence-corrected chi connectivity index (χ3v) is 4.07. The van der Waals surface area contributed by atoms with Gasteiger partial charge < -0.3 is 14.9 Å². The maximum Gasteiger partial charge on any atom is 0.323 e. The van der Waals surface area contributed by atoms with Crippen molar-refractivity contribution in [3.63, 3.8) is 0 Å². The predicted molar refractivity (Wildman–Crippen MR) is 69.5 cm³/mol. The van der Waals surface area contributed by atoms with Crippen molar-refractivity contribution in [1.82, 2.24) is 9.80 Å². The molecule has 0 spiro atoms. The molecular formula is C13H24N2O3. The highest BCUT2D eigenvalue weighted by Gasteiger charge is 2.32. The van der Waals surface area contributed by atoms with Gasteiger partial charge in [-0.25, -0.2) is 4.79 Å². The molecule has 0 aromatic heterocycles. The number of carbonyl (C=O) groups is 2. The van der Waals surface area contributed by atoms with Crippen molar-refractivity contribution in [2.24, 2.45) is 5.41 Å². The van der Waals surface area contributed by atoms with Gasteiger partial charge in [-0.05, 0) is 25.2 Å². The number of aliphatic carboxylic acids is 1. The van der Waals surface area contributed by atoms with Crippen LogP contribution in [0.4, 0.5) is 4.79 Å². The van der Waals surface area contributed by atoms with Crippen molar-refractivity contribution in [3.05, 3.63) is 0 Å². The first kappa shape index (κ1) is 14.8. The summed E-state index contributed by atoms with van der Waals surface area (Å²) in [5.41, 5.74) is 0.334. The lowest BCUT2D eigenvalue weighted by molar-refractivity contribution is -0.137. The van der Waals surface area contributed by atoms with Crippen LogP contribution in [0.3, 0.4) is 0 Å². The molecule has 1 rings (SSSR count). The molecule has 5 heteroatoms. The number of carboxylic acids is 1. The van der Waals surface area contributed by atoms with Crippen LogP contribution in [-0.4, -0.2) is 53.1 Å². The monoisotopic (exact) mass is 256 g/mol. The maximum atomic E-state index is 12.2. The van der Waals surface area contributed by atoms with Crippen molar-refractivity contribution in [1.29, 1.82) is 0 Å². The Morgan fingerprint density at radius 2 is 1.83 bits per heavy atom. The summed E-state index contributed by atoms with van der Waals surface area (Å²) in [6, 6.07) is -0.141. The summed E-state index contributed by atoms with van der Waals surface area (Å²) in [4.78, 5) is 26.0. The average molecular weight is 256 g/mol. The number of hydrogen-bond acceptors (Lipinski definition) is 2. The lowest BCUT2D eigenvalue weighted by Gasteiger charge is -2.40. The molecule has 1 aliphatic rings. The smallest absolute Gasteiger partial charge is 0.323 e. The normalized spacial score (nSPS) is 18.5. The van der Waals surface area contributed by atoms with E-state index in [1.54, 1.807) is 11.8 Å². The fourth-order valence-electron chi connectivity index (χ4n) is 2.27. The lowest BCUT2D eigenvalue weighted by Crippen LogP contribution is -2.49. The molecule has 0 radical (unpaired) electrons. The number of carbonyl (C=O) groups excluding carboxylic acids is 1. The Bertz CT molecular complexity index is 309. The second kappa shape index (κ2) is 6.07. The largest absolute Gasteiger partial charge is 0.480 e. The standard InChI is InChI=1S/C13H24N2O3/c1-4-13(3)6-8-15(9-7-13)12(18)14(5-2)10-11(16)17/h4-10H2,1-3H3,(H,16,17). The molecular weight excluding hydrogens is 232 g/mol. The molecule has 0 atom stereocenters. The van der Waals surface area contributed by atoms with Crippen LogP contribution in [-0.2, 0) is 4.79 Å². The summed E-state index contributed by atoms with van der Waals surface area (Å²) in [5, 5.41) is 8.77. The first-order valence-electron chi connectivity index (χ1n) is 6.67. The van der Waals surface area contributed by atoms with E-state index in [1.807, 2.05) is 0 Å². The minimum absolute atomic E-state index is 0.141. The second-order valence-electron chi connectivity index (χ2n) is 5.34. The van der Waals surface area contributed by atoms with Crippen molar-refractivity contribution < 1.29 is 14.7 Å². The number of likely N-dealkylation sites (N-methyl/N-ethyl adjacent to an activating group) is 1. The van der Waals surface area contributed by atoms with Crippen LogP contribution in [0, 0.1) is 5.41 Å². The number of nitrogens with zero attached hydrogens (tertiary/aromatic N) is 2. The zero-order valence-electron chi connectivity index (χ0n) is 11.6. The molecule has 0 bridgehead atoms. The number of urea groups is 1. The van der Waals surface area contributed by atoms with Gasteiger partial charge in [0.15, 0.2) is 0 Å². The molecule has 1 aliphatic heterocycles. The van der Waals surface area contributed by atoms with Gasteiger partial charge in [0.25, 0.3) is 0 Å². The minimum Gasteiger partial charge on any atom is -0.480 e. The highest BCUT2D eigenvalue weighted by molar-refractivity contribution is 5.80. The van der Waals surface area contributed by atoms with Gasteiger partial charge in [-0.3, -0.25) is 4.79 Å². The van der Waals surface area contributed by atoms with Crippen LogP contribution in [0.1, 0.15) is 40.0 Å². The summed E-state index contributed by atoms with van der Waals surface area (Å²) in [5.74, 6) is -0.958. The van der Waals surface area contributed by atoms with Gasteiger partial charge in [-0.15, -0.1) is 0 Å². The molecule has 0 saturated carbocycles. The third-order valence-electron chi connectivity index (χ3n) is 4.07. The van der Waals surface area contributed by atoms with Crippen LogP contribution >= 0.6 is 0 Å². The quantitative estimate of drug-likeness (QED) is 0.837. The Balaban J connectivity index is 2.55. The molecule has 18 heavy (non-hydrogen) atoms. The molecule has 104 valence electrons. The first-order chi connectivity index (χ1) is 8.41. The molecule has 0 aliphatic carbocycles. The molecule has 1 heterocycles. The van der Waals surface area contributed by atoms with Crippen LogP contribution in [0.15, 0.2) is 0 Å². The number of amides is 2. The minimum atomic E-state index is -0.958. The van der Waals surface area contributed by atoms with E-state index in [1.165, 1.54) is 4.90 Å².